The molecule has 0 aromatic heterocycles. The van der Waals surface area contributed by atoms with Crippen LogP contribution < -0.4 is 5.32 Å². The molecule has 0 saturated carbocycles. The summed E-state index contributed by atoms with van der Waals surface area (Å²) in [5.74, 6) is -0.612. The minimum atomic E-state index is -1.10. The summed E-state index contributed by atoms with van der Waals surface area (Å²) in [6, 6.07) is 8.18. The van der Waals surface area contributed by atoms with Crippen molar-refractivity contribution >= 4 is 12.1 Å². The molecule has 1 unspecified atom stereocenters. The zero-order valence-corrected chi connectivity index (χ0v) is 9.25. The monoisotopic (exact) mass is 239 g/mol. The lowest BCUT2D eigenvalue weighted by molar-refractivity contribution is -0.179. The van der Waals surface area contributed by atoms with Crippen molar-refractivity contribution in [1.82, 2.24) is 5.32 Å². The number of methoxy groups -OCH3 is 1. The molecule has 1 aromatic rings. The maximum atomic E-state index is 11.4. The van der Waals surface area contributed by atoms with Gasteiger partial charge in [0.2, 0.25) is 0 Å². The lowest BCUT2D eigenvalue weighted by Crippen LogP contribution is -2.43. The van der Waals surface area contributed by atoms with Crippen LogP contribution in [0.25, 0.3) is 0 Å². The van der Waals surface area contributed by atoms with E-state index in [0.717, 1.165) is 5.56 Å². The van der Waals surface area contributed by atoms with Gasteiger partial charge in [-0.3, -0.25) is 4.89 Å². The Hall–Kier alpha value is -2.08. The van der Waals surface area contributed by atoms with E-state index in [9.17, 15) is 9.59 Å². The van der Waals surface area contributed by atoms with Gasteiger partial charge in [-0.15, -0.1) is 0 Å². The first-order chi connectivity index (χ1) is 8.17. The van der Waals surface area contributed by atoms with E-state index in [0.29, 0.717) is 0 Å². The maximum absolute atomic E-state index is 11.4. The lowest BCUT2D eigenvalue weighted by atomic mass is 10.1. The summed E-state index contributed by atoms with van der Waals surface area (Å²) in [6.45, 7) is 0. The number of benzene rings is 1. The number of hydrogen-bond acceptors (Lipinski definition) is 5. The summed E-state index contributed by atoms with van der Waals surface area (Å²) < 4.78 is 4.54. The van der Waals surface area contributed by atoms with Gasteiger partial charge in [-0.05, 0) is 5.56 Å². The van der Waals surface area contributed by atoms with Crippen LogP contribution in [0.2, 0.25) is 0 Å². The molecule has 0 heterocycles. The summed E-state index contributed by atoms with van der Waals surface area (Å²) in [4.78, 5) is 25.7. The largest absolute Gasteiger partial charge is 0.467 e. The molecule has 92 valence electrons. The third-order valence-corrected chi connectivity index (χ3v) is 2.14. The fourth-order valence-corrected chi connectivity index (χ4v) is 1.35. The first kappa shape index (κ1) is 13.0. The van der Waals surface area contributed by atoms with Gasteiger partial charge in [0.1, 0.15) is 6.04 Å². The summed E-state index contributed by atoms with van der Waals surface area (Å²) in [6.07, 6.45) is -0.848. The predicted octanol–water partition coefficient (Wildman–Crippen LogP) is 0.970. The van der Waals surface area contributed by atoms with Crippen LogP contribution in [-0.4, -0.2) is 30.5 Å². The topological polar surface area (TPSA) is 84.9 Å². The Labute approximate surface area is 98.1 Å². The molecule has 0 fully saturated rings. The Bertz CT molecular complexity index is 379. The number of amides is 1. The van der Waals surface area contributed by atoms with Gasteiger partial charge in [-0.25, -0.2) is 9.59 Å². The van der Waals surface area contributed by atoms with Gasteiger partial charge in [0.15, 0.2) is 0 Å². The van der Waals surface area contributed by atoms with Crippen LogP contribution in [0.4, 0.5) is 4.79 Å². The van der Waals surface area contributed by atoms with Gasteiger partial charge in [-0.1, -0.05) is 30.3 Å². The summed E-state index contributed by atoms with van der Waals surface area (Å²) >= 11 is 0. The van der Waals surface area contributed by atoms with Gasteiger partial charge in [0.25, 0.3) is 0 Å². The number of carbonyl (C=O) groups excluding carboxylic acids is 2. The average Bonchev–Trinajstić information content (AvgIpc) is 2.38. The van der Waals surface area contributed by atoms with Crippen LogP contribution in [0.5, 0.6) is 0 Å². The second-order valence-corrected chi connectivity index (χ2v) is 3.29. The van der Waals surface area contributed by atoms with E-state index in [-0.39, 0.29) is 6.42 Å². The minimum absolute atomic E-state index is 0.253. The molecule has 0 aliphatic heterocycles. The van der Waals surface area contributed by atoms with Crippen molar-refractivity contribution in [2.75, 3.05) is 7.11 Å². The number of esters is 1. The molecule has 1 rings (SSSR count). The van der Waals surface area contributed by atoms with Crippen molar-refractivity contribution in [3.63, 3.8) is 0 Å². The van der Waals surface area contributed by atoms with Crippen LogP contribution >= 0.6 is 0 Å². The van der Waals surface area contributed by atoms with Crippen LogP contribution in [0.1, 0.15) is 5.56 Å². The van der Waals surface area contributed by atoms with Crippen molar-refractivity contribution in [1.29, 1.82) is 0 Å². The van der Waals surface area contributed by atoms with Crippen molar-refractivity contribution in [3.8, 4) is 0 Å². The first-order valence-electron chi connectivity index (χ1n) is 4.91. The molecule has 1 atom stereocenters. The molecular weight excluding hydrogens is 226 g/mol. The lowest BCUT2D eigenvalue weighted by Gasteiger charge is -2.14. The molecule has 1 aromatic carbocycles. The number of hydrogen-bond donors (Lipinski definition) is 2. The van der Waals surface area contributed by atoms with Crippen molar-refractivity contribution in [3.05, 3.63) is 35.9 Å². The molecule has 0 spiro atoms. The highest BCUT2D eigenvalue weighted by molar-refractivity contribution is 5.81. The zero-order valence-electron chi connectivity index (χ0n) is 9.25. The van der Waals surface area contributed by atoms with E-state index >= 15 is 0 Å². The van der Waals surface area contributed by atoms with E-state index < -0.39 is 18.1 Å². The molecule has 0 aliphatic carbocycles. The summed E-state index contributed by atoms with van der Waals surface area (Å²) in [5.41, 5.74) is 0.848. The summed E-state index contributed by atoms with van der Waals surface area (Å²) in [5, 5.41) is 10.3. The molecule has 6 nitrogen and oxygen atoms in total. The molecule has 0 bridgehead atoms. The fourth-order valence-electron chi connectivity index (χ4n) is 1.35. The highest BCUT2D eigenvalue weighted by Gasteiger charge is 2.22. The minimum Gasteiger partial charge on any atom is -0.467 e. The zero-order chi connectivity index (χ0) is 12.7. The highest BCUT2D eigenvalue weighted by atomic mass is 17.1. The molecular formula is C11H13NO5. The van der Waals surface area contributed by atoms with Crippen molar-refractivity contribution < 1.29 is 24.5 Å². The van der Waals surface area contributed by atoms with E-state index in [1.54, 1.807) is 0 Å². The second kappa shape index (κ2) is 6.49. The van der Waals surface area contributed by atoms with E-state index in [1.165, 1.54) is 7.11 Å². The highest BCUT2D eigenvalue weighted by Crippen LogP contribution is 2.04. The predicted molar refractivity (Wildman–Crippen MR) is 58.2 cm³/mol. The molecule has 0 aliphatic rings. The Balaban J connectivity index is 2.70. The fraction of sp³-hybridized carbons (Fsp3) is 0.273. The Morgan fingerprint density at radius 2 is 2.00 bits per heavy atom. The molecule has 0 radical (unpaired) electrons. The molecule has 2 N–H and O–H groups in total. The van der Waals surface area contributed by atoms with Gasteiger partial charge in [0, 0.05) is 6.42 Å². The SMILES string of the molecule is COC(=O)C(Cc1ccccc1)NC(=O)OO. The van der Waals surface area contributed by atoms with E-state index in [4.69, 9.17) is 5.26 Å². The Morgan fingerprint density at radius 1 is 1.35 bits per heavy atom. The smallest absolute Gasteiger partial charge is 0.439 e. The quantitative estimate of drug-likeness (QED) is 0.464. The van der Waals surface area contributed by atoms with Crippen LogP contribution in [-0.2, 0) is 20.8 Å². The second-order valence-electron chi connectivity index (χ2n) is 3.29. The average molecular weight is 239 g/mol. The van der Waals surface area contributed by atoms with Crippen molar-refractivity contribution in [2.45, 2.75) is 12.5 Å². The molecule has 1 amide bonds. The van der Waals surface area contributed by atoms with Gasteiger partial charge >= 0.3 is 12.1 Å². The standard InChI is InChI=1S/C11H13NO5/c1-16-10(13)9(12-11(14)17-15)7-8-5-3-2-4-6-8/h2-6,9,15H,7H2,1H3,(H,12,14). The number of carbonyl (C=O) groups is 2. The summed E-state index contributed by atoms with van der Waals surface area (Å²) in [7, 11) is 1.21. The van der Waals surface area contributed by atoms with Gasteiger partial charge in [-0.2, -0.15) is 5.26 Å². The third-order valence-electron chi connectivity index (χ3n) is 2.14. The normalized spacial score (nSPS) is 11.4. The van der Waals surface area contributed by atoms with Crippen molar-refractivity contribution in [2.24, 2.45) is 0 Å². The first-order valence-corrected chi connectivity index (χ1v) is 4.91. The van der Waals surface area contributed by atoms with Gasteiger partial charge < -0.3 is 10.1 Å². The molecule has 17 heavy (non-hydrogen) atoms. The van der Waals surface area contributed by atoms with E-state index in [2.05, 4.69) is 14.9 Å². The number of nitrogens with one attached hydrogen (secondary N) is 1. The number of rotatable bonds is 4. The van der Waals surface area contributed by atoms with E-state index in [1.807, 2.05) is 30.3 Å². The molecule has 0 saturated heterocycles. The Kier molecular flexibility index (Phi) is 4.96. The number of ether oxygens (including phenoxy) is 1. The maximum Gasteiger partial charge on any atom is 0.439 e. The Morgan fingerprint density at radius 3 is 2.53 bits per heavy atom. The molecule has 6 heteroatoms. The van der Waals surface area contributed by atoms with Crippen LogP contribution in [0.3, 0.4) is 0 Å². The third kappa shape index (κ3) is 4.12. The van der Waals surface area contributed by atoms with Crippen LogP contribution in [0.15, 0.2) is 30.3 Å². The van der Waals surface area contributed by atoms with Gasteiger partial charge in [0.05, 0.1) is 7.11 Å². The van der Waals surface area contributed by atoms with Crippen LogP contribution in [0, 0.1) is 0 Å².